The molecular weight excluding hydrogens is 222 g/mol. The fourth-order valence-corrected chi connectivity index (χ4v) is 2.07. The highest BCUT2D eigenvalue weighted by Crippen LogP contribution is 2.10. The summed E-state index contributed by atoms with van der Waals surface area (Å²) in [5, 5.41) is 3.48. The van der Waals surface area contributed by atoms with Gasteiger partial charge >= 0.3 is 0 Å². The first-order valence-electron chi connectivity index (χ1n) is 6.44. The maximum Gasteiger partial charge on any atom is 0.0951 e. The standard InChI is InChI=1S/C15H21N3/c1-12(2)18-11-17-10-15(18)9-16-8-14-7-5-4-6-13(14)3/h4-7,10-12,16H,8-9H2,1-3H3. The molecule has 0 aliphatic heterocycles. The van der Waals surface area contributed by atoms with E-state index in [2.05, 4.69) is 59.9 Å². The maximum atomic E-state index is 4.21. The van der Waals surface area contributed by atoms with E-state index in [4.69, 9.17) is 0 Å². The van der Waals surface area contributed by atoms with Crippen molar-refractivity contribution in [2.45, 2.75) is 39.9 Å². The molecule has 0 saturated carbocycles. The van der Waals surface area contributed by atoms with Crippen LogP contribution in [0.4, 0.5) is 0 Å². The van der Waals surface area contributed by atoms with Crippen LogP contribution in [0.25, 0.3) is 0 Å². The summed E-state index contributed by atoms with van der Waals surface area (Å²) < 4.78 is 2.20. The van der Waals surface area contributed by atoms with E-state index in [1.54, 1.807) is 0 Å². The summed E-state index contributed by atoms with van der Waals surface area (Å²) in [7, 11) is 0. The number of rotatable bonds is 5. The van der Waals surface area contributed by atoms with Gasteiger partial charge in [-0.2, -0.15) is 0 Å². The fraction of sp³-hybridized carbons (Fsp3) is 0.400. The molecule has 1 aromatic heterocycles. The predicted octanol–water partition coefficient (Wildman–Crippen LogP) is 3.06. The molecule has 0 atom stereocenters. The molecule has 3 nitrogen and oxygen atoms in total. The smallest absolute Gasteiger partial charge is 0.0951 e. The van der Waals surface area contributed by atoms with Crippen molar-refractivity contribution >= 4 is 0 Å². The second-order valence-corrected chi connectivity index (χ2v) is 4.92. The molecule has 2 rings (SSSR count). The van der Waals surface area contributed by atoms with Crippen LogP contribution >= 0.6 is 0 Å². The normalized spacial score (nSPS) is 11.1. The third-order valence-corrected chi connectivity index (χ3v) is 3.19. The highest BCUT2D eigenvalue weighted by molar-refractivity contribution is 5.25. The van der Waals surface area contributed by atoms with E-state index < -0.39 is 0 Å². The molecule has 0 fully saturated rings. The van der Waals surface area contributed by atoms with Crippen molar-refractivity contribution in [3.8, 4) is 0 Å². The van der Waals surface area contributed by atoms with Crippen molar-refractivity contribution in [2.24, 2.45) is 0 Å². The first kappa shape index (κ1) is 12.8. The molecule has 1 N–H and O–H groups in total. The van der Waals surface area contributed by atoms with Gasteiger partial charge in [0.1, 0.15) is 0 Å². The lowest BCUT2D eigenvalue weighted by atomic mass is 10.1. The fourth-order valence-electron chi connectivity index (χ4n) is 2.07. The van der Waals surface area contributed by atoms with Gasteiger partial charge in [-0.1, -0.05) is 24.3 Å². The molecule has 0 amide bonds. The molecular formula is C15H21N3. The molecule has 0 aliphatic rings. The number of hydrogen-bond acceptors (Lipinski definition) is 2. The Morgan fingerprint density at radius 2 is 2.00 bits per heavy atom. The van der Waals surface area contributed by atoms with E-state index in [1.165, 1.54) is 16.8 Å². The Bertz CT molecular complexity index is 500. The van der Waals surface area contributed by atoms with Gasteiger partial charge < -0.3 is 9.88 Å². The summed E-state index contributed by atoms with van der Waals surface area (Å²) in [6.07, 6.45) is 3.83. The molecule has 3 heteroatoms. The van der Waals surface area contributed by atoms with Gasteiger partial charge in [0.15, 0.2) is 0 Å². The van der Waals surface area contributed by atoms with Crippen LogP contribution < -0.4 is 5.32 Å². The van der Waals surface area contributed by atoms with Gasteiger partial charge in [-0.25, -0.2) is 4.98 Å². The Hall–Kier alpha value is -1.61. The van der Waals surface area contributed by atoms with E-state index in [0.717, 1.165) is 13.1 Å². The van der Waals surface area contributed by atoms with Gasteiger partial charge in [-0.3, -0.25) is 0 Å². The minimum atomic E-state index is 0.461. The van der Waals surface area contributed by atoms with Gasteiger partial charge in [-0.15, -0.1) is 0 Å². The van der Waals surface area contributed by atoms with E-state index in [9.17, 15) is 0 Å². The SMILES string of the molecule is Cc1ccccc1CNCc1cncn1C(C)C. The Kier molecular flexibility index (Phi) is 4.15. The third-order valence-electron chi connectivity index (χ3n) is 3.19. The quantitative estimate of drug-likeness (QED) is 0.874. The lowest BCUT2D eigenvalue weighted by Gasteiger charge is -2.12. The molecule has 0 spiro atoms. The van der Waals surface area contributed by atoms with Gasteiger partial charge in [0, 0.05) is 25.3 Å². The molecule has 0 aliphatic carbocycles. The molecule has 0 bridgehead atoms. The summed E-state index contributed by atoms with van der Waals surface area (Å²) >= 11 is 0. The van der Waals surface area contributed by atoms with E-state index in [-0.39, 0.29) is 0 Å². The first-order valence-corrected chi connectivity index (χ1v) is 6.44. The summed E-state index contributed by atoms with van der Waals surface area (Å²) in [6.45, 7) is 8.25. The number of nitrogens with one attached hydrogen (secondary N) is 1. The van der Waals surface area contributed by atoms with Gasteiger partial charge in [0.05, 0.1) is 12.0 Å². The predicted molar refractivity (Wildman–Crippen MR) is 74.3 cm³/mol. The van der Waals surface area contributed by atoms with Crippen LogP contribution in [0.3, 0.4) is 0 Å². The second kappa shape index (κ2) is 5.83. The number of aryl methyl sites for hydroxylation is 1. The summed E-state index contributed by atoms with van der Waals surface area (Å²) in [5.74, 6) is 0. The zero-order valence-corrected chi connectivity index (χ0v) is 11.4. The Balaban J connectivity index is 1.93. The monoisotopic (exact) mass is 243 g/mol. The molecule has 18 heavy (non-hydrogen) atoms. The maximum absolute atomic E-state index is 4.21. The third kappa shape index (κ3) is 2.99. The zero-order chi connectivity index (χ0) is 13.0. The van der Waals surface area contributed by atoms with Crippen molar-refractivity contribution in [1.29, 1.82) is 0 Å². The average molecular weight is 243 g/mol. The van der Waals surface area contributed by atoms with Gasteiger partial charge in [0.2, 0.25) is 0 Å². The van der Waals surface area contributed by atoms with Crippen LogP contribution in [0.1, 0.15) is 36.7 Å². The lowest BCUT2D eigenvalue weighted by molar-refractivity contribution is 0.550. The number of nitrogens with zero attached hydrogens (tertiary/aromatic N) is 2. The van der Waals surface area contributed by atoms with E-state index in [0.29, 0.717) is 6.04 Å². The summed E-state index contributed by atoms with van der Waals surface area (Å²) in [6, 6.07) is 8.94. The summed E-state index contributed by atoms with van der Waals surface area (Å²) in [5.41, 5.74) is 3.93. The Morgan fingerprint density at radius 3 is 2.72 bits per heavy atom. The van der Waals surface area contributed by atoms with Crippen molar-refractivity contribution in [2.75, 3.05) is 0 Å². The van der Waals surface area contributed by atoms with E-state index >= 15 is 0 Å². The highest BCUT2D eigenvalue weighted by Gasteiger charge is 2.04. The van der Waals surface area contributed by atoms with Crippen molar-refractivity contribution in [3.05, 3.63) is 53.6 Å². The van der Waals surface area contributed by atoms with Crippen molar-refractivity contribution < 1.29 is 0 Å². The topological polar surface area (TPSA) is 29.9 Å². The largest absolute Gasteiger partial charge is 0.331 e. The number of imidazole rings is 1. The molecule has 0 unspecified atom stereocenters. The Labute approximate surface area is 109 Å². The van der Waals surface area contributed by atoms with Crippen LogP contribution in [0, 0.1) is 6.92 Å². The summed E-state index contributed by atoms with van der Waals surface area (Å²) in [4.78, 5) is 4.21. The minimum absolute atomic E-state index is 0.461. The van der Waals surface area contributed by atoms with Crippen LogP contribution in [0.2, 0.25) is 0 Å². The van der Waals surface area contributed by atoms with Crippen molar-refractivity contribution in [1.82, 2.24) is 14.9 Å². The Morgan fingerprint density at radius 1 is 1.22 bits per heavy atom. The van der Waals surface area contributed by atoms with E-state index in [1.807, 2.05) is 12.5 Å². The van der Waals surface area contributed by atoms with Gasteiger partial charge in [0.25, 0.3) is 0 Å². The molecule has 0 radical (unpaired) electrons. The molecule has 0 saturated heterocycles. The van der Waals surface area contributed by atoms with Gasteiger partial charge in [-0.05, 0) is 31.9 Å². The molecule has 96 valence electrons. The van der Waals surface area contributed by atoms with Crippen molar-refractivity contribution in [3.63, 3.8) is 0 Å². The van der Waals surface area contributed by atoms with Crippen LogP contribution in [0.5, 0.6) is 0 Å². The number of aromatic nitrogens is 2. The minimum Gasteiger partial charge on any atom is -0.331 e. The number of benzene rings is 1. The van der Waals surface area contributed by atoms with Crippen LogP contribution in [0.15, 0.2) is 36.8 Å². The average Bonchev–Trinajstić information content (AvgIpc) is 2.80. The first-order chi connectivity index (χ1) is 8.68. The lowest BCUT2D eigenvalue weighted by Crippen LogP contribution is -2.17. The van der Waals surface area contributed by atoms with Crippen LogP contribution in [-0.2, 0) is 13.1 Å². The molecule has 1 aromatic carbocycles. The zero-order valence-electron chi connectivity index (χ0n) is 11.4. The highest BCUT2D eigenvalue weighted by atomic mass is 15.1. The molecule has 1 heterocycles. The number of hydrogen-bond donors (Lipinski definition) is 1. The molecule has 2 aromatic rings. The van der Waals surface area contributed by atoms with Crippen LogP contribution in [-0.4, -0.2) is 9.55 Å². The second-order valence-electron chi connectivity index (χ2n) is 4.92.